The molecular weight excluding hydrogens is 485 g/mol. The fourth-order valence-corrected chi connectivity index (χ4v) is 3.47. The van der Waals surface area contributed by atoms with E-state index in [-0.39, 0.29) is 17.8 Å². The van der Waals surface area contributed by atoms with Gasteiger partial charge >= 0.3 is 6.03 Å². The predicted molar refractivity (Wildman–Crippen MR) is 143 cm³/mol. The van der Waals surface area contributed by atoms with Crippen molar-refractivity contribution in [2.45, 2.75) is 20.3 Å². The highest BCUT2D eigenvalue weighted by molar-refractivity contribution is 6.30. The van der Waals surface area contributed by atoms with Gasteiger partial charge in [0, 0.05) is 35.4 Å². The van der Waals surface area contributed by atoms with Crippen LogP contribution < -0.4 is 20.3 Å². The average Bonchev–Trinajstić information content (AvgIpc) is 2.85. The molecule has 0 atom stereocenters. The predicted octanol–water partition coefficient (Wildman–Crippen LogP) is 6.94. The Balaban J connectivity index is 1.70. The van der Waals surface area contributed by atoms with Gasteiger partial charge < -0.3 is 15.4 Å². The van der Waals surface area contributed by atoms with E-state index in [1.54, 1.807) is 43.0 Å². The molecule has 3 rings (SSSR count). The molecule has 0 saturated heterocycles. The number of ether oxygens (including phenoxy) is 1. The van der Waals surface area contributed by atoms with Crippen LogP contribution in [0.25, 0.3) is 0 Å². The Hall–Kier alpha value is -3.22. The lowest BCUT2D eigenvalue weighted by atomic mass is 9.95. The lowest BCUT2D eigenvalue weighted by Crippen LogP contribution is -2.41. The SMILES string of the molecule is CC(C)(CCl)C(=O)NCCCN(C(=O)Nc1cccc(Cl)c1)c1ccc(Oc2ccccc2)cc1. The first-order valence-corrected chi connectivity index (χ1v) is 12.2. The Morgan fingerprint density at radius 1 is 0.943 bits per heavy atom. The fraction of sp³-hybridized carbons (Fsp3) is 0.259. The minimum absolute atomic E-state index is 0.121. The number of rotatable bonds is 10. The highest BCUT2D eigenvalue weighted by Crippen LogP contribution is 2.25. The number of halogens is 2. The summed E-state index contributed by atoms with van der Waals surface area (Å²) in [5, 5.41) is 6.31. The Kier molecular flexibility index (Phi) is 9.40. The zero-order chi connectivity index (χ0) is 25.3. The number of nitrogens with zero attached hydrogens (tertiary/aromatic N) is 1. The maximum Gasteiger partial charge on any atom is 0.326 e. The number of urea groups is 1. The smallest absolute Gasteiger partial charge is 0.326 e. The van der Waals surface area contributed by atoms with Crippen LogP contribution in [0.2, 0.25) is 5.02 Å². The summed E-state index contributed by atoms with van der Waals surface area (Å²) < 4.78 is 5.86. The van der Waals surface area contributed by atoms with Crippen molar-refractivity contribution in [1.82, 2.24) is 5.32 Å². The Morgan fingerprint density at radius 3 is 2.29 bits per heavy atom. The monoisotopic (exact) mass is 513 g/mol. The first kappa shape index (κ1) is 26.4. The second-order valence-electron chi connectivity index (χ2n) is 8.63. The first-order valence-electron chi connectivity index (χ1n) is 11.3. The summed E-state index contributed by atoms with van der Waals surface area (Å²) in [5.41, 5.74) is 0.630. The number of para-hydroxylation sites is 1. The number of nitrogens with one attached hydrogen (secondary N) is 2. The average molecular weight is 514 g/mol. The number of benzene rings is 3. The maximum atomic E-state index is 13.2. The summed E-state index contributed by atoms with van der Waals surface area (Å²) in [4.78, 5) is 27.1. The van der Waals surface area contributed by atoms with Crippen LogP contribution in [0, 0.1) is 5.41 Å². The molecule has 3 aromatic carbocycles. The van der Waals surface area contributed by atoms with Crippen molar-refractivity contribution in [3.8, 4) is 11.5 Å². The molecule has 0 heterocycles. The highest BCUT2D eigenvalue weighted by Gasteiger charge is 2.26. The summed E-state index contributed by atoms with van der Waals surface area (Å²) >= 11 is 11.9. The van der Waals surface area contributed by atoms with Crippen LogP contribution in [0.3, 0.4) is 0 Å². The van der Waals surface area contributed by atoms with Crippen molar-refractivity contribution in [2.75, 3.05) is 29.2 Å². The van der Waals surface area contributed by atoms with E-state index in [0.29, 0.717) is 41.7 Å². The van der Waals surface area contributed by atoms with Crippen LogP contribution in [-0.4, -0.2) is 30.9 Å². The second kappa shape index (κ2) is 12.5. The number of alkyl halides is 1. The Labute approximate surface area is 216 Å². The van der Waals surface area contributed by atoms with E-state index in [1.165, 1.54) is 0 Å². The van der Waals surface area contributed by atoms with Gasteiger partial charge in [0.2, 0.25) is 5.91 Å². The zero-order valence-corrected chi connectivity index (χ0v) is 21.3. The Bertz CT molecular complexity index is 1120. The van der Waals surface area contributed by atoms with E-state index >= 15 is 0 Å². The number of anilines is 2. The van der Waals surface area contributed by atoms with Gasteiger partial charge in [-0.05, 0) is 74.9 Å². The topological polar surface area (TPSA) is 70.7 Å². The molecule has 0 fully saturated rings. The molecule has 6 nitrogen and oxygen atoms in total. The van der Waals surface area contributed by atoms with Gasteiger partial charge in [0.1, 0.15) is 11.5 Å². The van der Waals surface area contributed by atoms with Crippen LogP contribution in [0.4, 0.5) is 16.2 Å². The van der Waals surface area contributed by atoms with Crippen molar-refractivity contribution in [2.24, 2.45) is 5.41 Å². The Morgan fingerprint density at radius 2 is 1.63 bits per heavy atom. The molecule has 0 aromatic heterocycles. The van der Waals surface area contributed by atoms with Gasteiger partial charge in [-0.1, -0.05) is 35.9 Å². The number of carbonyl (C=O) groups is 2. The minimum atomic E-state index is -0.653. The van der Waals surface area contributed by atoms with Crippen LogP contribution >= 0.6 is 23.2 Å². The molecule has 35 heavy (non-hydrogen) atoms. The van der Waals surface area contributed by atoms with Crippen LogP contribution in [0.5, 0.6) is 11.5 Å². The quantitative estimate of drug-likeness (QED) is 0.227. The molecule has 8 heteroatoms. The van der Waals surface area contributed by atoms with Crippen molar-refractivity contribution >= 4 is 46.5 Å². The van der Waals surface area contributed by atoms with E-state index < -0.39 is 5.41 Å². The van der Waals surface area contributed by atoms with E-state index in [9.17, 15) is 9.59 Å². The molecular formula is C27H29Cl2N3O3. The molecule has 3 amide bonds. The largest absolute Gasteiger partial charge is 0.457 e. The lowest BCUT2D eigenvalue weighted by molar-refractivity contribution is -0.128. The summed E-state index contributed by atoms with van der Waals surface area (Å²) in [7, 11) is 0. The number of hydrogen-bond donors (Lipinski definition) is 2. The van der Waals surface area contributed by atoms with Crippen molar-refractivity contribution in [3.05, 3.63) is 83.9 Å². The second-order valence-corrected chi connectivity index (χ2v) is 9.33. The van der Waals surface area contributed by atoms with Crippen LogP contribution in [0.1, 0.15) is 20.3 Å². The van der Waals surface area contributed by atoms with Crippen LogP contribution in [0.15, 0.2) is 78.9 Å². The van der Waals surface area contributed by atoms with Gasteiger partial charge in [-0.3, -0.25) is 9.69 Å². The highest BCUT2D eigenvalue weighted by atomic mass is 35.5. The molecule has 0 aliphatic heterocycles. The fourth-order valence-electron chi connectivity index (χ4n) is 3.16. The van der Waals surface area contributed by atoms with Gasteiger partial charge in [0.15, 0.2) is 0 Å². The molecule has 0 unspecified atom stereocenters. The third-order valence-corrected chi connectivity index (χ3v) is 6.14. The third kappa shape index (κ3) is 7.91. The molecule has 0 radical (unpaired) electrons. The lowest BCUT2D eigenvalue weighted by Gasteiger charge is -2.25. The van der Waals surface area contributed by atoms with Gasteiger partial charge in [-0.15, -0.1) is 11.6 Å². The van der Waals surface area contributed by atoms with Gasteiger partial charge in [0.25, 0.3) is 0 Å². The van der Waals surface area contributed by atoms with E-state index in [0.717, 1.165) is 5.75 Å². The van der Waals surface area contributed by atoms with Crippen molar-refractivity contribution in [1.29, 1.82) is 0 Å². The van der Waals surface area contributed by atoms with Crippen molar-refractivity contribution < 1.29 is 14.3 Å². The van der Waals surface area contributed by atoms with Gasteiger partial charge in [0.05, 0.1) is 5.41 Å². The van der Waals surface area contributed by atoms with Gasteiger partial charge in [-0.25, -0.2) is 4.79 Å². The molecule has 0 aliphatic carbocycles. The number of carbonyl (C=O) groups excluding carboxylic acids is 2. The van der Waals surface area contributed by atoms with Crippen LogP contribution in [-0.2, 0) is 4.79 Å². The maximum absolute atomic E-state index is 13.2. The molecule has 0 spiro atoms. The molecule has 3 aromatic rings. The van der Waals surface area contributed by atoms with E-state index in [2.05, 4.69) is 10.6 Å². The summed E-state index contributed by atoms with van der Waals surface area (Å²) in [6.07, 6.45) is 0.551. The molecule has 0 bridgehead atoms. The normalized spacial score (nSPS) is 11.0. The summed E-state index contributed by atoms with van der Waals surface area (Å²) in [6, 6.07) is 23.4. The minimum Gasteiger partial charge on any atom is -0.457 e. The summed E-state index contributed by atoms with van der Waals surface area (Å²) in [5.74, 6) is 1.49. The van der Waals surface area contributed by atoms with Gasteiger partial charge in [-0.2, -0.15) is 0 Å². The van der Waals surface area contributed by atoms with Crippen molar-refractivity contribution in [3.63, 3.8) is 0 Å². The molecule has 2 N–H and O–H groups in total. The first-order chi connectivity index (χ1) is 16.8. The number of amides is 3. The molecule has 184 valence electrons. The summed E-state index contributed by atoms with van der Waals surface area (Å²) in [6.45, 7) is 4.38. The zero-order valence-electron chi connectivity index (χ0n) is 19.8. The molecule has 0 saturated carbocycles. The molecule has 0 aliphatic rings. The number of hydrogen-bond acceptors (Lipinski definition) is 3. The van der Waals surface area contributed by atoms with E-state index in [4.69, 9.17) is 27.9 Å². The standard InChI is InChI=1S/C27H29Cl2N3O3/c1-27(2,19-28)25(33)30-16-7-17-32(26(34)31-21-9-6-8-20(29)18-21)22-12-14-24(15-13-22)35-23-10-4-3-5-11-23/h3-6,8-15,18H,7,16-17,19H2,1-2H3,(H,30,33)(H,31,34). The van der Waals surface area contributed by atoms with E-state index in [1.807, 2.05) is 54.6 Å². The third-order valence-electron chi connectivity index (χ3n) is 5.24.